The van der Waals surface area contributed by atoms with Gasteiger partial charge in [-0.1, -0.05) is 18.2 Å². The predicted molar refractivity (Wildman–Crippen MR) is 83.5 cm³/mol. The summed E-state index contributed by atoms with van der Waals surface area (Å²) in [4.78, 5) is 6.00. The molecule has 0 saturated carbocycles. The van der Waals surface area contributed by atoms with Crippen LogP contribution < -0.4 is 4.74 Å². The quantitative estimate of drug-likeness (QED) is 0.842. The van der Waals surface area contributed by atoms with Gasteiger partial charge in [-0.3, -0.25) is 9.88 Å². The van der Waals surface area contributed by atoms with E-state index in [4.69, 9.17) is 4.74 Å². The molecule has 1 N–H and O–H groups in total. The Morgan fingerprint density at radius 1 is 1.17 bits per heavy atom. The summed E-state index contributed by atoms with van der Waals surface area (Å²) in [5.74, 6) is -0.281. The highest BCUT2D eigenvalue weighted by Gasteiger charge is 2.34. The number of halogens is 3. The molecular weight excluding hydrogens is 321 g/mol. The van der Waals surface area contributed by atoms with E-state index in [-0.39, 0.29) is 18.9 Å². The molecule has 4 nitrogen and oxygen atoms in total. The zero-order valence-corrected chi connectivity index (χ0v) is 13.2. The maximum atomic E-state index is 12.9. The van der Waals surface area contributed by atoms with Gasteiger partial charge in [-0.05, 0) is 31.3 Å². The summed E-state index contributed by atoms with van der Waals surface area (Å²) in [7, 11) is 1.79. The fourth-order valence-corrected chi connectivity index (χ4v) is 2.26. The molecule has 24 heavy (non-hydrogen) atoms. The largest absolute Gasteiger partial charge is 0.490 e. The summed E-state index contributed by atoms with van der Waals surface area (Å²) in [5.41, 5.74) is -0.00502. The van der Waals surface area contributed by atoms with E-state index in [0.717, 1.165) is 11.8 Å². The van der Waals surface area contributed by atoms with Crippen molar-refractivity contribution in [3.05, 3.63) is 59.9 Å². The van der Waals surface area contributed by atoms with Crippen molar-refractivity contribution in [3.8, 4) is 5.75 Å². The maximum Gasteiger partial charge on any atom is 0.419 e. The van der Waals surface area contributed by atoms with Crippen molar-refractivity contribution in [1.82, 2.24) is 9.88 Å². The van der Waals surface area contributed by atoms with Gasteiger partial charge in [0.25, 0.3) is 0 Å². The number of hydrogen-bond acceptors (Lipinski definition) is 4. The first-order valence-electron chi connectivity index (χ1n) is 7.42. The number of hydrogen-bond donors (Lipinski definition) is 1. The van der Waals surface area contributed by atoms with E-state index in [9.17, 15) is 18.3 Å². The van der Waals surface area contributed by atoms with E-state index in [1.807, 2.05) is 23.1 Å². The third-order valence-electron chi connectivity index (χ3n) is 3.30. The fraction of sp³-hybridized carbons (Fsp3) is 0.353. The van der Waals surface area contributed by atoms with E-state index in [0.29, 0.717) is 6.54 Å². The number of rotatable bonds is 7. The number of pyridine rings is 1. The van der Waals surface area contributed by atoms with E-state index in [2.05, 4.69) is 4.98 Å². The predicted octanol–water partition coefficient (Wildman–Crippen LogP) is 2.97. The highest BCUT2D eigenvalue weighted by Crippen LogP contribution is 2.35. The average molecular weight is 340 g/mol. The summed E-state index contributed by atoms with van der Waals surface area (Å²) >= 11 is 0. The van der Waals surface area contributed by atoms with Crippen LogP contribution in [0, 0.1) is 0 Å². The van der Waals surface area contributed by atoms with Crippen LogP contribution in [0.3, 0.4) is 0 Å². The number of ether oxygens (including phenoxy) is 1. The van der Waals surface area contributed by atoms with Crippen LogP contribution in [0.15, 0.2) is 48.7 Å². The van der Waals surface area contributed by atoms with Gasteiger partial charge in [-0.25, -0.2) is 0 Å². The van der Waals surface area contributed by atoms with E-state index in [1.54, 1.807) is 13.2 Å². The van der Waals surface area contributed by atoms with Crippen molar-refractivity contribution < 1.29 is 23.0 Å². The second kappa shape index (κ2) is 8.12. The Morgan fingerprint density at radius 2 is 1.88 bits per heavy atom. The van der Waals surface area contributed by atoms with Gasteiger partial charge in [0, 0.05) is 19.3 Å². The van der Waals surface area contributed by atoms with Crippen LogP contribution in [0.2, 0.25) is 0 Å². The Kier molecular flexibility index (Phi) is 6.16. The van der Waals surface area contributed by atoms with Crippen molar-refractivity contribution in [2.75, 3.05) is 20.2 Å². The fourth-order valence-electron chi connectivity index (χ4n) is 2.26. The van der Waals surface area contributed by atoms with Crippen LogP contribution in [0.5, 0.6) is 5.75 Å². The first kappa shape index (κ1) is 18.2. The molecule has 0 radical (unpaired) electrons. The molecule has 1 unspecified atom stereocenters. The van der Waals surface area contributed by atoms with Crippen LogP contribution in [-0.2, 0) is 12.7 Å². The van der Waals surface area contributed by atoms with Crippen molar-refractivity contribution in [2.24, 2.45) is 0 Å². The van der Waals surface area contributed by atoms with E-state index in [1.165, 1.54) is 18.2 Å². The first-order chi connectivity index (χ1) is 11.4. The lowest BCUT2D eigenvalue weighted by Crippen LogP contribution is -2.33. The van der Waals surface area contributed by atoms with Crippen LogP contribution in [0.4, 0.5) is 13.2 Å². The lowest BCUT2D eigenvalue weighted by molar-refractivity contribution is -0.139. The third-order valence-corrected chi connectivity index (χ3v) is 3.30. The molecular formula is C17H19F3N2O2. The molecule has 0 aliphatic carbocycles. The van der Waals surface area contributed by atoms with Crippen molar-refractivity contribution in [2.45, 2.75) is 18.8 Å². The van der Waals surface area contributed by atoms with Crippen LogP contribution in [-0.4, -0.2) is 41.3 Å². The Bertz CT molecular complexity index is 635. The van der Waals surface area contributed by atoms with Crippen LogP contribution in [0.25, 0.3) is 0 Å². The van der Waals surface area contributed by atoms with Crippen molar-refractivity contribution in [1.29, 1.82) is 0 Å². The van der Waals surface area contributed by atoms with Gasteiger partial charge < -0.3 is 9.84 Å². The highest BCUT2D eigenvalue weighted by molar-refractivity contribution is 5.35. The monoisotopic (exact) mass is 340 g/mol. The standard InChI is InChI=1S/C17H19F3N2O2/c1-22(10-13-6-4-5-9-21-13)11-14(23)12-24-16-8-3-2-7-15(16)17(18,19)20/h2-9,14,23H,10-12H2,1H3. The number of aliphatic hydroxyl groups is 1. The highest BCUT2D eigenvalue weighted by atomic mass is 19.4. The number of aromatic nitrogens is 1. The summed E-state index contributed by atoms with van der Waals surface area (Å²) in [6.45, 7) is 0.557. The number of aliphatic hydroxyl groups excluding tert-OH is 1. The molecule has 0 aliphatic heterocycles. The van der Waals surface area contributed by atoms with Crippen molar-refractivity contribution >= 4 is 0 Å². The van der Waals surface area contributed by atoms with Gasteiger partial charge in [-0.15, -0.1) is 0 Å². The number of likely N-dealkylation sites (N-methyl/N-ethyl adjacent to an activating group) is 1. The molecule has 130 valence electrons. The number of benzene rings is 1. The maximum absolute atomic E-state index is 12.9. The molecule has 1 atom stereocenters. The minimum Gasteiger partial charge on any atom is -0.490 e. The van der Waals surface area contributed by atoms with Gasteiger partial charge in [0.05, 0.1) is 11.3 Å². The Morgan fingerprint density at radius 3 is 2.54 bits per heavy atom. The molecule has 2 rings (SSSR count). The molecule has 0 amide bonds. The zero-order chi connectivity index (χ0) is 17.6. The van der Waals surface area contributed by atoms with E-state index >= 15 is 0 Å². The first-order valence-corrected chi connectivity index (χ1v) is 7.42. The second-order valence-electron chi connectivity index (χ2n) is 5.48. The lowest BCUT2D eigenvalue weighted by atomic mass is 10.2. The Hall–Kier alpha value is -2.12. The molecule has 1 aromatic carbocycles. The minimum absolute atomic E-state index is 0.223. The van der Waals surface area contributed by atoms with Gasteiger partial charge in [0.1, 0.15) is 18.5 Å². The number of nitrogens with zero attached hydrogens (tertiary/aromatic N) is 2. The number of alkyl halides is 3. The van der Waals surface area contributed by atoms with Gasteiger partial charge in [-0.2, -0.15) is 13.2 Å². The Balaban J connectivity index is 1.86. The molecule has 1 aromatic heterocycles. The normalized spacial score (nSPS) is 13.1. The summed E-state index contributed by atoms with van der Waals surface area (Å²) in [6, 6.07) is 10.5. The minimum atomic E-state index is -4.49. The summed E-state index contributed by atoms with van der Waals surface area (Å²) < 4.78 is 43.8. The topological polar surface area (TPSA) is 45.6 Å². The molecule has 0 saturated heterocycles. The zero-order valence-electron chi connectivity index (χ0n) is 13.2. The SMILES string of the molecule is CN(Cc1ccccn1)CC(O)COc1ccccc1C(F)(F)F. The molecule has 7 heteroatoms. The smallest absolute Gasteiger partial charge is 0.419 e. The molecule has 0 fully saturated rings. The van der Waals surface area contributed by atoms with Gasteiger partial charge in [0.15, 0.2) is 0 Å². The summed E-state index contributed by atoms with van der Waals surface area (Å²) in [5, 5.41) is 9.98. The number of para-hydroxylation sites is 1. The van der Waals surface area contributed by atoms with Crippen LogP contribution >= 0.6 is 0 Å². The second-order valence-corrected chi connectivity index (χ2v) is 5.48. The van der Waals surface area contributed by atoms with Crippen LogP contribution in [0.1, 0.15) is 11.3 Å². The molecule has 1 heterocycles. The molecule has 0 spiro atoms. The van der Waals surface area contributed by atoms with Crippen molar-refractivity contribution in [3.63, 3.8) is 0 Å². The lowest BCUT2D eigenvalue weighted by Gasteiger charge is -2.21. The molecule has 2 aromatic rings. The third kappa shape index (κ3) is 5.50. The average Bonchev–Trinajstić information content (AvgIpc) is 2.53. The van der Waals surface area contributed by atoms with Gasteiger partial charge >= 0.3 is 6.18 Å². The molecule has 0 bridgehead atoms. The Labute approximate surface area is 138 Å². The van der Waals surface area contributed by atoms with Gasteiger partial charge in [0.2, 0.25) is 0 Å². The summed E-state index contributed by atoms with van der Waals surface area (Å²) in [6.07, 6.45) is -3.73. The van der Waals surface area contributed by atoms with E-state index < -0.39 is 17.8 Å². The molecule has 0 aliphatic rings.